The third-order valence-electron chi connectivity index (χ3n) is 3.24. The molecule has 1 amide bonds. The number of para-hydroxylation sites is 2. The highest BCUT2D eigenvalue weighted by Crippen LogP contribution is 2.21. The lowest BCUT2D eigenvalue weighted by molar-refractivity contribution is -0.122. The minimum Gasteiger partial charge on any atom is -0.481 e. The van der Waals surface area contributed by atoms with Crippen LogP contribution in [-0.4, -0.2) is 12.0 Å². The van der Waals surface area contributed by atoms with Gasteiger partial charge in [0.1, 0.15) is 5.75 Å². The number of benzene rings is 2. The minimum absolute atomic E-state index is 0.228. The van der Waals surface area contributed by atoms with Crippen molar-refractivity contribution in [1.29, 1.82) is 0 Å². The number of amides is 1. The highest BCUT2D eigenvalue weighted by Gasteiger charge is 2.16. The molecular formula is C17H20N2O2. The van der Waals surface area contributed by atoms with E-state index < -0.39 is 6.10 Å². The van der Waals surface area contributed by atoms with E-state index in [1.165, 1.54) is 0 Å². The van der Waals surface area contributed by atoms with E-state index in [4.69, 9.17) is 10.5 Å². The zero-order valence-electron chi connectivity index (χ0n) is 12.5. The molecule has 21 heavy (non-hydrogen) atoms. The van der Waals surface area contributed by atoms with Crippen molar-refractivity contribution in [3.63, 3.8) is 0 Å². The Morgan fingerprint density at radius 1 is 1.19 bits per heavy atom. The van der Waals surface area contributed by atoms with Crippen LogP contribution in [0.2, 0.25) is 0 Å². The lowest BCUT2D eigenvalue weighted by Gasteiger charge is -2.17. The maximum absolute atomic E-state index is 12.2. The van der Waals surface area contributed by atoms with Crippen molar-refractivity contribution in [1.82, 2.24) is 0 Å². The molecule has 2 aromatic carbocycles. The van der Waals surface area contributed by atoms with Crippen LogP contribution in [0.5, 0.6) is 5.75 Å². The molecule has 0 aliphatic carbocycles. The van der Waals surface area contributed by atoms with Gasteiger partial charge in [0.25, 0.3) is 5.91 Å². The number of carbonyl (C=O) groups is 1. The van der Waals surface area contributed by atoms with Crippen molar-refractivity contribution >= 4 is 17.3 Å². The summed E-state index contributed by atoms with van der Waals surface area (Å²) in [5.41, 5.74) is 9.03. The molecule has 1 unspecified atom stereocenters. The Balaban J connectivity index is 2.06. The number of aryl methyl sites for hydroxylation is 2. The van der Waals surface area contributed by atoms with Crippen LogP contribution >= 0.6 is 0 Å². The van der Waals surface area contributed by atoms with Gasteiger partial charge in [-0.15, -0.1) is 0 Å². The molecule has 0 saturated carbocycles. The predicted octanol–water partition coefficient (Wildman–Crippen LogP) is 3.29. The third kappa shape index (κ3) is 3.75. The molecule has 0 saturated heterocycles. The number of nitrogens with one attached hydrogen (secondary N) is 1. The number of rotatable bonds is 4. The Kier molecular flexibility index (Phi) is 4.48. The first-order valence-corrected chi connectivity index (χ1v) is 6.86. The van der Waals surface area contributed by atoms with Crippen molar-refractivity contribution in [2.24, 2.45) is 0 Å². The summed E-state index contributed by atoms with van der Waals surface area (Å²) < 4.78 is 5.75. The summed E-state index contributed by atoms with van der Waals surface area (Å²) in [6.45, 7) is 5.66. The molecule has 0 fully saturated rings. The summed E-state index contributed by atoms with van der Waals surface area (Å²) in [6.07, 6.45) is -0.606. The van der Waals surface area contributed by atoms with Crippen LogP contribution < -0.4 is 15.8 Å². The van der Waals surface area contributed by atoms with Crippen molar-refractivity contribution in [2.45, 2.75) is 26.9 Å². The van der Waals surface area contributed by atoms with Gasteiger partial charge in [-0.3, -0.25) is 4.79 Å². The molecule has 0 spiro atoms. The van der Waals surface area contributed by atoms with Crippen LogP contribution in [0.3, 0.4) is 0 Å². The lowest BCUT2D eigenvalue weighted by Crippen LogP contribution is -2.30. The van der Waals surface area contributed by atoms with E-state index in [0.717, 1.165) is 16.9 Å². The van der Waals surface area contributed by atoms with Crippen LogP contribution in [0, 0.1) is 13.8 Å². The van der Waals surface area contributed by atoms with Crippen molar-refractivity contribution < 1.29 is 9.53 Å². The van der Waals surface area contributed by atoms with Gasteiger partial charge in [0.2, 0.25) is 0 Å². The Morgan fingerprint density at radius 2 is 1.90 bits per heavy atom. The molecule has 0 heterocycles. The van der Waals surface area contributed by atoms with E-state index in [1.54, 1.807) is 19.1 Å². The average Bonchev–Trinajstić information content (AvgIpc) is 2.45. The van der Waals surface area contributed by atoms with Gasteiger partial charge in [-0.2, -0.15) is 0 Å². The fourth-order valence-corrected chi connectivity index (χ4v) is 1.92. The molecule has 2 rings (SSSR count). The standard InChI is InChI=1S/C17H20N2O2/c1-11-8-9-12(2)16(10-11)21-13(3)17(20)19-15-7-5-4-6-14(15)18/h4-10,13H,18H2,1-3H3,(H,19,20). The highest BCUT2D eigenvalue weighted by atomic mass is 16.5. The summed E-state index contributed by atoms with van der Waals surface area (Å²) in [6, 6.07) is 13.1. The van der Waals surface area contributed by atoms with Crippen LogP contribution in [0.25, 0.3) is 0 Å². The fourth-order valence-electron chi connectivity index (χ4n) is 1.92. The van der Waals surface area contributed by atoms with E-state index in [-0.39, 0.29) is 5.91 Å². The summed E-state index contributed by atoms with van der Waals surface area (Å²) in [7, 11) is 0. The van der Waals surface area contributed by atoms with Crippen LogP contribution in [0.15, 0.2) is 42.5 Å². The van der Waals surface area contributed by atoms with Crippen LogP contribution in [0.4, 0.5) is 11.4 Å². The summed E-state index contributed by atoms with van der Waals surface area (Å²) in [5, 5.41) is 2.78. The van der Waals surface area contributed by atoms with Gasteiger partial charge in [-0.25, -0.2) is 0 Å². The summed E-state index contributed by atoms with van der Waals surface area (Å²) >= 11 is 0. The smallest absolute Gasteiger partial charge is 0.265 e. The van der Waals surface area contributed by atoms with E-state index in [9.17, 15) is 4.79 Å². The van der Waals surface area contributed by atoms with E-state index in [0.29, 0.717) is 11.4 Å². The first kappa shape index (κ1) is 14.9. The lowest BCUT2D eigenvalue weighted by atomic mass is 10.1. The Hall–Kier alpha value is -2.49. The average molecular weight is 284 g/mol. The molecule has 4 nitrogen and oxygen atoms in total. The molecule has 2 aromatic rings. The Labute approximate surface area is 124 Å². The van der Waals surface area contributed by atoms with Gasteiger partial charge in [-0.05, 0) is 50.1 Å². The topological polar surface area (TPSA) is 64.3 Å². The van der Waals surface area contributed by atoms with Gasteiger partial charge in [0.05, 0.1) is 11.4 Å². The molecule has 110 valence electrons. The number of carbonyl (C=O) groups excluding carboxylic acids is 1. The second kappa shape index (κ2) is 6.31. The molecule has 0 radical (unpaired) electrons. The first-order chi connectivity index (χ1) is 9.97. The van der Waals surface area contributed by atoms with Gasteiger partial charge in [-0.1, -0.05) is 24.3 Å². The molecule has 0 aliphatic rings. The normalized spacial score (nSPS) is 11.8. The maximum Gasteiger partial charge on any atom is 0.265 e. The Bertz CT molecular complexity index is 653. The molecule has 0 bridgehead atoms. The second-order valence-electron chi connectivity index (χ2n) is 5.11. The van der Waals surface area contributed by atoms with Crippen molar-refractivity contribution in [2.75, 3.05) is 11.1 Å². The summed E-state index contributed by atoms with van der Waals surface area (Å²) in [4.78, 5) is 12.2. The first-order valence-electron chi connectivity index (χ1n) is 6.86. The number of anilines is 2. The third-order valence-corrected chi connectivity index (χ3v) is 3.24. The molecule has 3 N–H and O–H groups in total. The number of ether oxygens (including phenoxy) is 1. The molecule has 1 atom stereocenters. The minimum atomic E-state index is -0.606. The van der Waals surface area contributed by atoms with Gasteiger partial charge >= 0.3 is 0 Å². The zero-order chi connectivity index (χ0) is 15.4. The van der Waals surface area contributed by atoms with Gasteiger partial charge in [0, 0.05) is 0 Å². The van der Waals surface area contributed by atoms with Crippen molar-refractivity contribution in [3.05, 3.63) is 53.6 Å². The quantitative estimate of drug-likeness (QED) is 0.847. The number of hydrogen-bond acceptors (Lipinski definition) is 3. The Morgan fingerprint density at radius 3 is 2.62 bits per heavy atom. The summed E-state index contributed by atoms with van der Waals surface area (Å²) in [5.74, 6) is 0.493. The van der Waals surface area contributed by atoms with Crippen molar-refractivity contribution in [3.8, 4) is 5.75 Å². The molecule has 4 heteroatoms. The second-order valence-corrected chi connectivity index (χ2v) is 5.11. The predicted molar refractivity (Wildman–Crippen MR) is 85.5 cm³/mol. The molecular weight excluding hydrogens is 264 g/mol. The van der Waals surface area contributed by atoms with E-state index >= 15 is 0 Å². The highest BCUT2D eigenvalue weighted by molar-refractivity contribution is 5.96. The van der Waals surface area contributed by atoms with Crippen LogP contribution in [0.1, 0.15) is 18.1 Å². The van der Waals surface area contributed by atoms with Gasteiger partial charge in [0.15, 0.2) is 6.10 Å². The van der Waals surface area contributed by atoms with Crippen LogP contribution in [-0.2, 0) is 4.79 Å². The maximum atomic E-state index is 12.2. The molecule has 0 aliphatic heterocycles. The number of hydrogen-bond donors (Lipinski definition) is 2. The number of nitrogens with two attached hydrogens (primary N) is 1. The fraction of sp³-hybridized carbons (Fsp3) is 0.235. The zero-order valence-corrected chi connectivity index (χ0v) is 12.5. The number of nitrogen functional groups attached to an aromatic ring is 1. The monoisotopic (exact) mass is 284 g/mol. The largest absolute Gasteiger partial charge is 0.481 e. The molecule has 0 aromatic heterocycles. The van der Waals surface area contributed by atoms with Gasteiger partial charge < -0.3 is 15.8 Å². The van der Waals surface area contributed by atoms with E-state index in [1.807, 2.05) is 44.2 Å². The SMILES string of the molecule is Cc1ccc(C)c(OC(C)C(=O)Nc2ccccc2N)c1. The van der Waals surface area contributed by atoms with E-state index in [2.05, 4.69) is 5.32 Å².